The Labute approximate surface area is 181 Å². The largest absolute Gasteiger partial charge is 0.364 e. The van der Waals surface area contributed by atoms with Crippen LogP contribution in [0.5, 0.6) is 0 Å². The van der Waals surface area contributed by atoms with Gasteiger partial charge < -0.3 is 10.6 Å². The third-order valence-electron chi connectivity index (χ3n) is 5.92. The van der Waals surface area contributed by atoms with Crippen LogP contribution in [0.15, 0.2) is 35.2 Å². The van der Waals surface area contributed by atoms with Crippen LogP contribution in [0.25, 0.3) is 0 Å². The molecular weight excluding hydrogens is 426 g/mol. The lowest BCUT2D eigenvalue weighted by molar-refractivity contribution is 0.0991. The lowest BCUT2D eigenvalue weighted by Crippen LogP contribution is -2.34. The van der Waals surface area contributed by atoms with E-state index in [4.69, 9.17) is 17.3 Å². The summed E-state index contributed by atoms with van der Waals surface area (Å²) in [4.78, 5) is 13.8. The fourth-order valence-corrected chi connectivity index (χ4v) is 6.62. The number of benzene rings is 1. The number of aryl methyl sites for hydroxylation is 1. The standard InChI is InChI=1S/C20H25ClN5O3S/c1-24-19(21)18(17(23-24)20(22)27)30(28,29)26-12-15-10-25(11-16(15)13-26)9-5-8-14-6-3-2-4-7-14/h2-4,6-8,15-16H,5,9-13H2,1H3,(H2,22,27)/t15-,16?/m0/s1. The molecule has 2 aromatic rings. The van der Waals surface area contributed by atoms with Gasteiger partial charge in [0, 0.05) is 33.2 Å². The van der Waals surface area contributed by atoms with E-state index in [-0.39, 0.29) is 27.6 Å². The molecule has 0 bridgehead atoms. The van der Waals surface area contributed by atoms with Crippen molar-refractivity contribution in [3.8, 4) is 0 Å². The minimum atomic E-state index is -3.94. The first-order valence-corrected chi connectivity index (χ1v) is 11.7. The van der Waals surface area contributed by atoms with Gasteiger partial charge in [-0.15, -0.1) is 0 Å². The number of hydrogen-bond donors (Lipinski definition) is 1. The Bertz CT molecular complexity index is 1030. The molecule has 1 aromatic carbocycles. The molecule has 2 N–H and O–H groups in total. The molecular formula is C20H25ClN5O3S. The molecule has 1 radical (unpaired) electrons. The van der Waals surface area contributed by atoms with E-state index in [1.807, 2.05) is 18.2 Å². The molecule has 4 rings (SSSR count). The highest BCUT2D eigenvalue weighted by molar-refractivity contribution is 7.89. The van der Waals surface area contributed by atoms with E-state index in [0.717, 1.165) is 30.7 Å². The fraction of sp³-hybridized carbons (Fsp3) is 0.450. The number of carbonyl (C=O) groups excluding carboxylic acids is 1. The van der Waals surface area contributed by atoms with Gasteiger partial charge >= 0.3 is 0 Å². The maximum Gasteiger partial charge on any atom is 0.270 e. The van der Waals surface area contributed by atoms with Crippen molar-refractivity contribution in [1.82, 2.24) is 19.0 Å². The molecule has 10 heteroatoms. The maximum atomic E-state index is 13.2. The molecule has 3 heterocycles. The number of likely N-dealkylation sites (tertiary alicyclic amines) is 1. The first-order chi connectivity index (χ1) is 14.3. The van der Waals surface area contributed by atoms with E-state index >= 15 is 0 Å². The molecule has 0 spiro atoms. The van der Waals surface area contributed by atoms with E-state index in [1.54, 1.807) is 0 Å². The Morgan fingerprint density at radius 1 is 1.20 bits per heavy atom. The topological polar surface area (TPSA) is 102 Å². The van der Waals surface area contributed by atoms with Gasteiger partial charge in [0.1, 0.15) is 5.15 Å². The summed E-state index contributed by atoms with van der Waals surface area (Å²) < 4.78 is 29.0. The average Bonchev–Trinajstić information content (AvgIpc) is 3.35. The van der Waals surface area contributed by atoms with E-state index in [9.17, 15) is 13.2 Å². The number of nitrogens with zero attached hydrogens (tertiary/aromatic N) is 4. The van der Waals surface area contributed by atoms with Crippen molar-refractivity contribution in [3.05, 3.63) is 53.2 Å². The SMILES string of the molecule is Cn1nc(C(N)=O)c(S(=O)(=O)N2CC3CN(CC[CH]c4ccccc4)C[C@H]3C2)c1Cl. The van der Waals surface area contributed by atoms with Gasteiger partial charge in [-0.1, -0.05) is 41.9 Å². The second-order valence-electron chi connectivity index (χ2n) is 7.96. The average molecular weight is 451 g/mol. The van der Waals surface area contributed by atoms with E-state index in [0.29, 0.717) is 13.1 Å². The van der Waals surface area contributed by atoms with Crippen LogP contribution in [-0.2, 0) is 17.1 Å². The Morgan fingerprint density at radius 3 is 2.43 bits per heavy atom. The first-order valence-electron chi connectivity index (χ1n) is 9.90. The lowest BCUT2D eigenvalue weighted by Gasteiger charge is -2.21. The van der Waals surface area contributed by atoms with E-state index < -0.39 is 15.9 Å². The Kier molecular flexibility index (Phi) is 5.89. The molecule has 1 unspecified atom stereocenters. The number of primary amides is 1. The summed E-state index contributed by atoms with van der Waals surface area (Å²) in [5.74, 6) is -0.371. The van der Waals surface area contributed by atoms with Crippen LogP contribution >= 0.6 is 11.6 Å². The highest BCUT2D eigenvalue weighted by Gasteiger charge is 2.46. The summed E-state index contributed by atoms with van der Waals surface area (Å²) in [6.45, 7) is 3.51. The number of rotatable bonds is 7. The van der Waals surface area contributed by atoms with Crippen molar-refractivity contribution in [3.63, 3.8) is 0 Å². The summed E-state index contributed by atoms with van der Waals surface area (Å²) in [5, 5.41) is 3.78. The number of carbonyl (C=O) groups is 1. The van der Waals surface area contributed by atoms with Crippen molar-refractivity contribution in [1.29, 1.82) is 0 Å². The monoisotopic (exact) mass is 450 g/mol. The van der Waals surface area contributed by atoms with Crippen molar-refractivity contribution >= 4 is 27.5 Å². The zero-order chi connectivity index (χ0) is 21.5. The van der Waals surface area contributed by atoms with Gasteiger partial charge in [0.25, 0.3) is 5.91 Å². The molecule has 1 amide bonds. The minimum Gasteiger partial charge on any atom is -0.364 e. The minimum absolute atomic E-state index is 0.0982. The molecule has 2 saturated heterocycles. The normalized spacial score (nSPS) is 22.5. The van der Waals surface area contributed by atoms with Crippen molar-refractivity contribution in [2.45, 2.75) is 11.3 Å². The lowest BCUT2D eigenvalue weighted by atomic mass is 10.0. The Hall–Kier alpha value is -1.94. The zero-order valence-electron chi connectivity index (χ0n) is 16.7. The third-order valence-corrected chi connectivity index (χ3v) is 8.35. The smallest absolute Gasteiger partial charge is 0.270 e. The first kappa shape index (κ1) is 21.3. The van der Waals surface area contributed by atoms with Crippen molar-refractivity contribution in [2.75, 3.05) is 32.7 Å². The second kappa shape index (κ2) is 8.30. The van der Waals surface area contributed by atoms with Gasteiger partial charge in [0.2, 0.25) is 10.0 Å². The zero-order valence-corrected chi connectivity index (χ0v) is 18.3. The molecule has 2 atom stereocenters. The van der Waals surface area contributed by atoms with Gasteiger partial charge in [-0.05, 0) is 36.8 Å². The molecule has 0 aliphatic carbocycles. The number of nitrogens with two attached hydrogens (primary N) is 1. The molecule has 0 saturated carbocycles. The molecule has 2 fully saturated rings. The predicted octanol–water partition coefficient (Wildman–Crippen LogP) is 1.37. The number of sulfonamides is 1. The molecule has 161 valence electrons. The van der Waals surface area contributed by atoms with Crippen LogP contribution < -0.4 is 5.73 Å². The van der Waals surface area contributed by atoms with Crippen LogP contribution in [0.3, 0.4) is 0 Å². The number of fused-ring (bicyclic) bond motifs is 1. The van der Waals surface area contributed by atoms with Crippen LogP contribution in [-0.4, -0.2) is 66.0 Å². The van der Waals surface area contributed by atoms with Crippen molar-refractivity contribution in [2.24, 2.45) is 24.6 Å². The highest BCUT2D eigenvalue weighted by Crippen LogP contribution is 2.36. The highest BCUT2D eigenvalue weighted by atomic mass is 35.5. The summed E-state index contributed by atoms with van der Waals surface area (Å²) in [6, 6.07) is 10.2. The number of halogens is 1. The summed E-state index contributed by atoms with van der Waals surface area (Å²) in [5.41, 5.74) is 6.23. The Balaban J connectivity index is 1.38. The summed E-state index contributed by atoms with van der Waals surface area (Å²) >= 11 is 6.15. The van der Waals surface area contributed by atoms with Gasteiger partial charge in [-0.25, -0.2) is 8.42 Å². The quantitative estimate of drug-likeness (QED) is 0.686. The molecule has 1 aromatic heterocycles. The van der Waals surface area contributed by atoms with Crippen LogP contribution in [0.2, 0.25) is 5.15 Å². The number of aromatic nitrogens is 2. The van der Waals surface area contributed by atoms with Gasteiger partial charge in [0.15, 0.2) is 10.6 Å². The molecule has 8 nitrogen and oxygen atoms in total. The van der Waals surface area contributed by atoms with Crippen LogP contribution in [0, 0.1) is 18.3 Å². The fourth-order valence-electron chi connectivity index (χ4n) is 4.43. The van der Waals surface area contributed by atoms with Crippen LogP contribution in [0.4, 0.5) is 0 Å². The van der Waals surface area contributed by atoms with Gasteiger partial charge in [0.05, 0.1) is 0 Å². The van der Waals surface area contributed by atoms with Gasteiger partial charge in [-0.2, -0.15) is 9.40 Å². The molecule has 2 aliphatic heterocycles. The van der Waals surface area contributed by atoms with Gasteiger partial charge in [-0.3, -0.25) is 9.48 Å². The molecule has 2 aliphatic rings. The maximum absolute atomic E-state index is 13.2. The molecule has 30 heavy (non-hydrogen) atoms. The summed E-state index contributed by atoms with van der Waals surface area (Å²) in [7, 11) is -2.46. The third kappa shape index (κ3) is 3.99. The second-order valence-corrected chi connectivity index (χ2v) is 10.2. The van der Waals surface area contributed by atoms with Crippen LogP contribution in [0.1, 0.15) is 22.5 Å². The van der Waals surface area contributed by atoms with Crippen molar-refractivity contribution < 1.29 is 13.2 Å². The Morgan fingerprint density at radius 2 is 1.83 bits per heavy atom. The number of amides is 1. The van der Waals surface area contributed by atoms with E-state index in [1.165, 1.54) is 16.9 Å². The predicted molar refractivity (Wildman–Crippen MR) is 113 cm³/mol. The number of hydrogen-bond acceptors (Lipinski definition) is 5. The summed E-state index contributed by atoms with van der Waals surface area (Å²) in [6.07, 6.45) is 3.18. The van der Waals surface area contributed by atoms with E-state index in [2.05, 4.69) is 28.6 Å².